The van der Waals surface area contributed by atoms with Crippen molar-refractivity contribution < 1.29 is 14.3 Å². The van der Waals surface area contributed by atoms with Gasteiger partial charge in [0.15, 0.2) is 0 Å². The quantitative estimate of drug-likeness (QED) is 0.611. The van der Waals surface area contributed by atoms with E-state index in [9.17, 15) is 9.59 Å². The van der Waals surface area contributed by atoms with E-state index < -0.39 is 5.97 Å². The van der Waals surface area contributed by atoms with Crippen molar-refractivity contribution in [2.24, 2.45) is 0 Å². The second-order valence-electron chi connectivity index (χ2n) is 6.29. The van der Waals surface area contributed by atoms with Gasteiger partial charge in [-0.15, -0.1) is 0 Å². The topological polar surface area (TPSA) is 67.4 Å². The standard InChI is InChI=1S/C23H22N2O3/c1-28-23(27)19-11-7-12-20(15-19)24-16-22(26)25-21-13-6-5-10-18(21)14-17-8-3-2-4-9-17/h2-13,15,24H,14,16H2,1H3,(H,25,26). The second kappa shape index (κ2) is 9.37. The first-order valence-electron chi connectivity index (χ1n) is 8.99. The number of esters is 1. The molecule has 0 saturated heterocycles. The number of amides is 1. The summed E-state index contributed by atoms with van der Waals surface area (Å²) in [6, 6.07) is 24.7. The third-order valence-electron chi connectivity index (χ3n) is 4.27. The van der Waals surface area contributed by atoms with Crippen molar-refractivity contribution in [1.29, 1.82) is 0 Å². The van der Waals surface area contributed by atoms with Crippen molar-refractivity contribution in [1.82, 2.24) is 0 Å². The molecule has 5 nitrogen and oxygen atoms in total. The number of para-hydroxylation sites is 1. The fraction of sp³-hybridized carbons (Fsp3) is 0.130. The van der Waals surface area contributed by atoms with Crippen LogP contribution in [0.15, 0.2) is 78.9 Å². The largest absolute Gasteiger partial charge is 0.465 e. The molecule has 0 aliphatic heterocycles. The van der Waals surface area contributed by atoms with Crippen molar-refractivity contribution in [3.63, 3.8) is 0 Å². The number of methoxy groups -OCH3 is 1. The molecule has 0 radical (unpaired) electrons. The number of nitrogens with one attached hydrogen (secondary N) is 2. The fourth-order valence-electron chi connectivity index (χ4n) is 2.86. The summed E-state index contributed by atoms with van der Waals surface area (Å²) in [5.41, 5.74) is 4.13. The molecule has 0 fully saturated rings. The fourth-order valence-corrected chi connectivity index (χ4v) is 2.86. The number of ether oxygens (including phenoxy) is 1. The van der Waals surface area contributed by atoms with Crippen LogP contribution < -0.4 is 10.6 Å². The first-order chi connectivity index (χ1) is 13.7. The van der Waals surface area contributed by atoms with Gasteiger partial charge in [0.1, 0.15) is 0 Å². The Morgan fingerprint density at radius 2 is 1.64 bits per heavy atom. The van der Waals surface area contributed by atoms with E-state index in [1.807, 2.05) is 42.5 Å². The lowest BCUT2D eigenvalue weighted by molar-refractivity contribution is -0.114. The number of hydrogen-bond acceptors (Lipinski definition) is 4. The Morgan fingerprint density at radius 3 is 2.43 bits per heavy atom. The van der Waals surface area contributed by atoms with Gasteiger partial charge in [-0.25, -0.2) is 4.79 Å². The second-order valence-corrected chi connectivity index (χ2v) is 6.29. The van der Waals surface area contributed by atoms with E-state index in [2.05, 4.69) is 22.8 Å². The molecule has 0 spiro atoms. The molecule has 3 aromatic carbocycles. The van der Waals surface area contributed by atoms with Crippen molar-refractivity contribution in [3.05, 3.63) is 95.6 Å². The number of carbonyl (C=O) groups excluding carboxylic acids is 2. The van der Waals surface area contributed by atoms with Gasteiger partial charge in [0, 0.05) is 11.4 Å². The highest BCUT2D eigenvalue weighted by atomic mass is 16.5. The normalized spacial score (nSPS) is 10.2. The van der Waals surface area contributed by atoms with Gasteiger partial charge in [-0.3, -0.25) is 4.79 Å². The molecule has 0 atom stereocenters. The van der Waals surface area contributed by atoms with Gasteiger partial charge in [-0.2, -0.15) is 0 Å². The molecule has 1 amide bonds. The minimum absolute atomic E-state index is 0.0876. The Hall–Kier alpha value is -3.60. The van der Waals surface area contributed by atoms with Crippen LogP contribution >= 0.6 is 0 Å². The zero-order valence-electron chi connectivity index (χ0n) is 15.6. The van der Waals surface area contributed by atoms with Gasteiger partial charge in [-0.05, 0) is 41.8 Å². The molecule has 3 aromatic rings. The summed E-state index contributed by atoms with van der Waals surface area (Å²) in [5, 5.41) is 5.99. The first-order valence-corrected chi connectivity index (χ1v) is 8.99. The van der Waals surface area contributed by atoms with E-state index >= 15 is 0 Å². The Bertz CT molecular complexity index is 955. The summed E-state index contributed by atoms with van der Waals surface area (Å²) in [4.78, 5) is 24.0. The molecule has 0 aliphatic carbocycles. The van der Waals surface area contributed by atoms with Crippen LogP contribution in [0.5, 0.6) is 0 Å². The highest BCUT2D eigenvalue weighted by Crippen LogP contribution is 2.19. The Labute approximate surface area is 164 Å². The molecule has 0 saturated carbocycles. The summed E-state index contributed by atoms with van der Waals surface area (Å²) >= 11 is 0. The van der Waals surface area contributed by atoms with Crippen molar-refractivity contribution >= 4 is 23.3 Å². The van der Waals surface area contributed by atoms with Crippen LogP contribution in [0, 0.1) is 0 Å². The van der Waals surface area contributed by atoms with E-state index in [4.69, 9.17) is 4.74 Å². The number of rotatable bonds is 7. The Morgan fingerprint density at radius 1 is 0.893 bits per heavy atom. The maximum atomic E-state index is 12.4. The number of benzene rings is 3. The average molecular weight is 374 g/mol. The smallest absolute Gasteiger partial charge is 0.337 e. The Balaban J connectivity index is 1.62. The summed E-state index contributed by atoms with van der Waals surface area (Å²) in [6.07, 6.45) is 0.742. The molecule has 0 unspecified atom stereocenters. The van der Waals surface area contributed by atoms with Crippen molar-refractivity contribution in [2.45, 2.75) is 6.42 Å². The maximum absolute atomic E-state index is 12.4. The summed E-state index contributed by atoms with van der Waals surface area (Å²) in [5.74, 6) is -0.577. The zero-order chi connectivity index (χ0) is 19.8. The highest BCUT2D eigenvalue weighted by Gasteiger charge is 2.09. The minimum Gasteiger partial charge on any atom is -0.465 e. The van der Waals surface area contributed by atoms with Crippen LogP contribution in [0.1, 0.15) is 21.5 Å². The third-order valence-corrected chi connectivity index (χ3v) is 4.27. The van der Waals surface area contributed by atoms with Crippen molar-refractivity contribution in [3.8, 4) is 0 Å². The van der Waals surface area contributed by atoms with E-state index in [1.54, 1.807) is 24.3 Å². The third kappa shape index (κ3) is 5.20. The summed E-state index contributed by atoms with van der Waals surface area (Å²) < 4.78 is 4.71. The predicted octanol–water partition coefficient (Wildman–Crippen LogP) is 4.11. The molecule has 0 heterocycles. The zero-order valence-corrected chi connectivity index (χ0v) is 15.6. The molecule has 3 rings (SSSR count). The lowest BCUT2D eigenvalue weighted by Crippen LogP contribution is -2.22. The van der Waals surface area contributed by atoms with Crippen LogP contribution in [0.25, 0.3) is 0 Å². The van der Waals surface area contributed by atoms with E-state index in [1.165, 1.54) is 12.7 Å². The van der Waals surface area contributed by atoms with Crippen molar-refractivity contribution in [2.75, 3.05) is 24.3 Å². The van der Waals surface area contributed by atoms with Crippen LogP contribution in [-0.4, -0.2) is 25.5 Å². The molecule has 2 N–H and O–H groups in total. The molecule has 28 heavy (non-hydrogen) atoms. The maximum Gasteiger partial charge on any atom is 0.337 e. The van der Waals surface area contributed by atoms with Gasteiger partial charge in [0.2, 0.25) is 5.91 Å². The molecule has 142 valence electrons. The molecule has 0 aromatic heterocycles. The average Bonchev–Trinajstić information content (AvgIpc) is 2.74. The molecule has 0 aliphatic rings. The SMILES string of the molecule is COC(=O)c1cccc(NCC(=O)Nc2ccccc2Cc2ccccc2)c1. The first kappa shape index (κ1) is 19.2. The minimum atomic E-state index is -0.414. The van der Waals surface area contributed by atoms with Gasteiger partial charge in [-0.1, -0.05) is 54.6 Å². The van der Waals surface area contributed by atoms with Crippen LogP contribution in [0.3, 0.4) is 0 Å². The molecule has 0 bridgehead atoms. The summed E-state index contributed by atoms with van der Waals surface area (Å²) in [7, 11) is 1.34. The van der Waals surface area contributed by atoms with E-state index in [0.717, 1.165) is 17.7 Å². The van der Waals surface area contributed by atoms with E-state index in [0.29, 0.717) is 11.3 Å². The lowest BCUT2D eigenvalue weighted by Gasteiger charge is -2.12. The van der Waals surface area contributed by atoms with Gasteiger partial charge in [0.05, 0.1) is 19.2 Å². The van der Waals surface area contributed by atoms with Gasteiger partial charge < -0.3 is 15.4 Å². The van der Waals surface area contributed by atoms with Crippen LogP contribution in [0.4, 0.5) is 11.4 Å². The van der Waals surface area contributed by atoms with Gasteiger partial charge in [0.25, 0.3) is 0 Å². The summed E-state index contributed by atoms with van der Waals surface area (Å²) in [6.45, 7) is 0.0876. The molecule has 5 heteroatoms. The molecular formula is C23H22N2O3. The Kier molecular flexibility index (Phi) is 6.41. The molecular weight excluding hydrogens is 352 g/mol. The number of carbonyl (C=O) groups is 2. The predicted molar refractivity (Wildman–Crippen MR) is 111 cm³/mol. The van der Waals surface area contributed by atoms with Crippen LogP contribution in [0.2, 0.25) is 0 Å². The van der Waals surface area contributed by atoms with E-state index in [-0.39, 0.29) is 12.5 Å². The number of anilines is 2. The monoisotopic (exact) mass is 374 g/mol. The highest BCUT2D eigenvalue weighted by molar-refractivity contribution is 5.95. The lowest BCUT2D eigenvalue weighted by atomic mass is 10.0. The van der Waals surface area contributed by atoms with Crippen LogP contribution in [-0.2, 0) is 16.0 Å². The number of hydrogen-bond donors (Lipinski definition) is 2. The van der Waals surface area contributed by atoms with Gasteiger partial charge >= 0.3 is 5.97 Å².